The summed E-state index contributed by atoms with van der Waals surface area (Å²) in [5.74, 6) is 1.86. The van der Waals surface area contributed by atoms with Gasteiger partial charge in [-0.3, -0.25) is 0 Å². The SMILES string of the molecule is Cc1cc2nc(C(C)(C)C)oc2cc1-c1n(-c2ccccc2-c2ccccc2)c2ccccc2[n+]1C. The van der Waals surface area contributed by atoms with Crippen LogP contribution in [0.2, 0.25) is 0 Å². The molecule has 0 spiro atoms. The highest BCUT2D eigenvalue weighted by Crippen LogP contribution is 2.36. The number of para-hydroxylation sites is 3. The van der Waals surface area contributed by atoms with Crippen molar-refractivity contribution in [1.82, 2.24) is 9.55 Å². The van der Waals surface area contributed by atoms with E-state index in [-0.39, 0.29) is 5.41 Å². The second kappa shape index (κ2) is 8.20. The largest absolute Gasteiger partial charge is 0.440 e. The van der Waals surface area contributed by atoms with Crippen LogP contribution < -0.4 is 4.57 Å². The van der Waals surface area contributed by atoms with Crippen molar-refractivity contribution in [2.24, 2.45) is 7.05 Å². The molecule has 0 radical (unpaired) electrons. The highest BCUT2D eigenvalue weighted by atomic mass is 16.3. The zero-order chi connectivity index (χ0) is 25.0. The number of benzene rings is 4. The maximum Gasteiger partial charge on any atom is 0.295 e. The lowest BCUT2D eigenvalue weighted by atomic mass is 9.97. The third kappa shape index (κ3) is 3.53. The Kier molecular flexibility index (Phi) is 5.08. The van der Waals surface area contributed by atoms with E-state index in [9.17, 15) is 0 Å². The topological polar surface area (TPSA) is 34.8 Å². The molecule has 0 aliphatic heterocycles. The van der Waals surface area contributed by atoms with Crippen molar-refractivity contribution >= 4 is 22.1 Å². The minimum absolute atomic E-state index is 0.152. The fourth-order valence-electron chi connectivity index (χ4n) is 5.03. The number of aromatic nitrogens is 3. The number of hydrogen-bond acceptors (Lipinski definition) is 2. The van der Waals surface area contributed by atoms with Crippen molar-refractivity contribution < 1.29 is 8.98 Å². The Hall–Kier alpha value is -4.18. The molecule has 0 amide bonds. The van der Waals surface area contributed by atoms with Gasteiger partial charge in [-0.25, -0.2) is 9.55 Å². The van der Waals surface area contributed by atoms with Crippen LogP contribution in [0.4, 0.5) is 0 Å². The lowest BCUT2D eigenvalue weighted by molar-refractivity contribution is -0.633. The standard InChI is InChI=1S/C32H30N3O/c1-21-19-25-29(36-31(33-25)32(2,3)4)20-24(21)30-34(5)27-17-11-12-18-28(27)35(30)26-16-10-9-15-23(26)22-13-7-6-8-14-22/h6-20H,1-5H3/q+1. The third-order valence-electron chi connectivity index (χ3n) is 6.86. The molecule has 4 aromatic carbocycles. The zero-order valence-electron chi connectivity index (χ0n) is 21.4. The average Bonchev–Trinajstić information content (AvgIpc) is 3.43. The van der Waals surface area contributed by atoms with Gasteiger partial charge in [-0.15, -0.1) is 0 Å². The number of oxazole rings is 1. The molecule has 178 valence electrons. The van der Waals surface area contributed by atoms with Gasteiger partial charge in [0.1, 0.15) is 11.2 Å². The van der Waals surface area contributed by atoms with Gasteiger partial charge in [0, 0.05) is 11.0 Å². The second-order valence-electron chi connectivity index (χ2n) is 10.5. The summed E-state index contributed by atoms with van der Waals surface area (Å²) in [6, 6.07) is 32.1. The Morgan fingerprint density at radius 3 is 2.28 bits per heavy atom. The molecule has 0 fully saturated rings. The maximum absolute atomic E-state index is 6.27. The van der Waals surface area contributed by atoms with Gasteiger partial charge < -0.3 is 4.42 Å². The first-order valence-electron chi connectivity index (χ1n) is 12.4. The predicted molar refractivity (Wildman–Crippen MR) is 146 cm³/mol. The Morgan fingerprint density at radius 1 is 0.806 bits per heavy atom. The summed E-state index contributed by atoms with van der Waals surface area (Å²) in [6.07, 6.45) is 0. The summed E-state index contributed by atoms with van der Waals surface area (Å²) in [5.41, 5.74) is 9.70. The maximum atomic E-state index is 6.27. The highest BCUT2D eigenvalue weighted by Gasteiger charge is 2.30. The molecule has 0 N–H and O–H groups in total. The molecule has 0 aliphatic carbocycles. The van der Waals surface area contributed by atoms with E-state index in [4.69, 9.17) is 9.40 Å². The molecule has 0 atom stereocenters. The summed E-state index contributed by atoms with van der Waals surface area (Å²) in [4.78, 5) is 4.80. The van der Waals surface area contributed by atoms with Crippen molar-refractivity contribution in [3.05, 3.63) is 102 Å². The number of nitrogens with zero attached hydrogens (tertiary/aromatic N) is 3. The molecule has 4 nitrogen and oxygen atoms in total. The van der Waals surface area contributed by atoms with Gasteiger partial charge >= 0.3 is 0 Å². The van der Waals surface area contributed by atoms with Crippen LogP contribution in [0.15, 0.2) is 95.4 Å². The Bertz CT molecular complexity index is 1730. The number of imidazole rings is 1. The van der Waals surface area contributed by atoms with Crippen molar-refractivity contribution in [3.63, 3.8) is 0 Å². The van der Waals surface area contributed by atoms with Crippen LogP contribution >= 0.6 is 0 Å². The molecule has 36 heavy (non-hydrogen) atoms. The number of rotatable bonds is 3. The normalized spacial score (nSPS) is 12.0. The third-order valence-corrected chi connectivity index (χ3v) is 6.86. The fourth-order valence-corrected chi connectivity index (χ4v) is 5.03. The zero-order valence-corrected chi connectivity index (χ0v) is 21.4. The summed E-state index contributed by atoms with van der Waals surface area (Å²) in [7, 11) is 2.14. The van der Waals surface area contributed by atoms with Crippen molar-refractivity contribution in [2.45, 2.75) is 33.1 Å². The van der Waals surface area contributed by atoms with Crippen LogP contribution in [0.25, 0.3) is 50.3 Å². The Balaban J connectivity index is 1.68. The molecule has 6 rings (SSSR count). The minimum atomic E-state index is -0.152. The van der Waals surface area contributed by atoms with Crippen LogP contribution in [0.1, 0.15) is 32.2 Å². The van der Waals surface area contributed by atoms with Gasteiger partial charge in [0.15, 0.2) is 16.6 Å². The van der Waals surface area contributed by atoms with E-state index < -0.39 is 0 Å². The van der Waals surface area contributed by atoms with Crippen LogP contribution in [0.5, 0.6) is 0 Å². The molecule has 0 unspecified atom stereocenters. The predicted octanol–water partition coefficient (Wildman–Crippen LogP) is 7.54. The molecule has 0 saturated carbocycles. The molecular weight excluding hydrogens is 442 g/mol. The first kappa shape index (κ1) is 22.3. The smallest absolute Gasteiger partial charge is 0.295 e. The molecule has 4 heteroatoms. The van der Waals surface area contributed by atoms with Gasteiger partial charge in [-0.2, -0.15) is 4.57 Å². The number of fused-ring (bicyclic) bond motifs is 2. The molecular formula is C32H30N3O+. The molecule has 0 aliphatic rings. The van der Waals surface area contributed by atoms with E-state index in [1.807, 2.05) is 0 Å². The van der Waals surface area contributed by atoms with Crippen LogP contribution in [-0.4, -0.2) is 9.55 Å². The molecule has 6 aromatic rings. The minimum Gasteiger partial charge on any atom is -0.440 e. The summed E-state index contributed by atoms with van der Waals surface area (Å²) < 4.78 is 10.9. The van der Waals surface area contributed by atoms with Gasteiger partial charge in [0.2, 0.25) is 5.89 Å². The van der Waals surface area contributed by atoms with Crippen LogP contribution in [-0.2, 0) is 12.5 Å². The van der Waals surface area contributed by atoms with Crippen molar-refractivity contribution in [1.29, 1.82) is 0 Å². The molecule has 2 heterocycles. The second-order valence-corrected chi connectivity index (χ2v) is 10.5. The number of hydrogen-bond donors (Lipinski definition) is 0. The highest BCUT2D eigenvalue weighted by molar-refractivity contribution is 5.86. The van der Waals surface area contributed by atoms with Gasteiger partial charge in [0.25, 0.3) is 5.82 Å². The summed E-state index contributed by atoms with van der Waals surface area (Å²) >= 11 is 0. The monoisotopic (exact) mass is 472 g/mol. The van der Waals surface area contributed by atoms with Crippen LogP contribution in [0, 0.1) is 6.92 Å². The summed E-state index contributed by atoms with van der Waals surface area (Å²) in [6.45, 7) is 8.54. The first-order chi connectivity index (χ1) is 17.3. The van der Waals surface area contributed by atoms with E-state index in [0.717, 1.165) is 45.1 Å². The quantitative estimate of drug-likeness (QED) is 0.249. The Morgan fingerprint density at radius 2 is 1.50 bits per heavy atom. The van der Waals surface area contributed by atoms with Gasteiger partial charge in [-0.1, -0.05) is 81.4 Å². The van der Waals surface area contributed by atoms with E-state index in [1.165, 1.54) is 16.6 Å². The van der Waals surface area contributed by atoms with Gasteiger partial charge in [0.05, 0.1) is 12.6 Å². The van der Waals surface area contributed by atoms with Crippen molar-refractivity contribution in [3.8, 4) is 28.2 Å². The molecule has 0 saturated heterocycles. The van der Waals surface area contributed by atoms with Gasteiger partial charge in [-0.05, 0) is 48.4 Å². The lowest BCUT2D eigenvalue weighted by Crippen LogP contribution is -2.30. The van der Waals surface area contributed by atoms with E-state index in [1.54, 1.807) is 0 Å². The van der Waals surface area contributed by atoms with E-state index >= 15 is 0 Å². The van der Waals surface area contributed by atoms with E-state index in [2.05, 4.69) is 135 Å². The van der Waals surface area contributed by atoms with Crippen LogP contribution in [0.3, 0.4) is 0 Å². The first-order valence-corrected chi connectivity index (χ1v) is 12.4. The Labute approximate surface area is 211 Å². The number of aryl methyl sites for hydroxylation is 2. The average molecular weight is 473 g/mol. The lowest BCUT2D eigenvalue weighted by Gasteiger charge is -2.11. The molecule has 2 aromatic heterocycles. The van der Waals surface area contributed by atoms with Crippen molar-refractivity contribution in [2.75, 3.05) is 0 Å². The summed E-state index contributed by atoms with van der Waals surface area (Å²) in [5, 5.41) is 0. The fraction of sp³-hybridized carbons (Fsp3) is 0.188. The molecule has 0 bridgehead atoms. The van der Waals surface area contributed by atoms with E-state index in [0.29, 0.717) is 0 Å².